The molecule has 0 aromatic heterocycles. The second kappa shape index (κ2) is 4.71. The average Bonchev–Trinajstić information content (AvgIpc) is 2.06. The molecule has 0 bridgehead atoms. The standard InChI is InChI=1S/C8H9O2S.Li/c1-2-11(9,10)8-6-4-3-5-7-8;/h2-7H,1H3;/q-1;+1. The first-order chi connectivity index (χ1) is 5.17. The van der Waals surface area contributed by atoms with Gasteiger partial charge in [0, 0.05) is 4.90 Å². The summed E-state index contributed by atoms with van der Waals surface area (Å²) in [5, 5.41) is 0. The van der Waals surface area contributed by atoms with Gasteiger partial charge in [-0.3, -0.25) is 8.42 Å². The number of sulfone groups is 1. The fourth-order valence-corrected chi connectivity index (χ4v) is 1.55. The van der Waals surface area contributed by atoms with Gasteiger partial charge < -0.3 is 0 Å². The molecule has 60 valence electrons. The van der Waals surface area contributed by atoms with E-state index in [1.807, 2.05) is 0 Å². The van der Waals surface area contributed by atoms with Gasteiger partial charge in [-0.1, -0.05) is 18.2 Å². The zero-order valence-electron chi connectivity index (χ0n) is 7.19. The Balaban J connectivity index is 0.00000121. The second-order valence-corrected chi connectivity index (χ2v) is 4.13. The largest absolute Gasteiger partial charge is 1.00 e. The van der Waals surface area contributed by atoms with E-state index in [0.29, 0.717) is 4.90 Å². The van der Waals surface area contributed by atoms with Crippen molar-refractivity contribution < 1.29 is 27.3 Å². The van der Waals surface area contributed by atoms with Crippen molar-refractivity contribution in [2.24, 2.45) is 0 Å². The maximum Gasteiger partial charge on any atom is 1.00 e. The molecule has 0 N–H and O–H groups in total. The van der Waals surface area contributed by atoms with Crippen LogP contribution in [0.5, 0.6) is 0 Å². The van der Waals surface area contributed by atoms with Gasteiger partial charge in [0.15, 0.2) is 0 Å². The van der Waals surface area contributed by atoms with E-state index < -0.39 is 9.84 Å². The van der Waals surface area contributed by atoms with Crippen molar-refractivity contribution in [2.45, 2.75) is 11.8 Å². The Bertz CT molecular complexity index is 318. The minimum absolute atomic E-state index is 0. The predicted octanol–water partition coefficient (Wildman–Crippen LogP) is -1.35. The van der Waals surface area contributed by atoms with Crippen LogP contribution in [-0.2, 0) is 9.84 Å². The van der Waals surface area contributed by atoms with Gasteiger partial charge in [0.1, 0.15) is 0 Å². The van der Waals surface area contributed by atoms with Gasteiger partial charge in [-0.2, -0.15) is 6.92 Å². The molecule has 0 fully saturated rings. The maximum absolute atomic E-state index is 11.1. The SMILES string of the molecule is C[CH-]S(=O)(=O)c1ccccc1.[Li+]. The third-order valence-electron chi connectivity index (χ3n) is 1.38. The summed E-state index contributed by atoms with van der Waals surface area (Å²) in [6.07, 6.45) is 0. The van der Waals surface area contributed by atoms with E-state index in [0.717, 1.165) is 0 Å². The quantitative estimate of drug-likeness (QED) is 0.412. The van der Waals surface area contributed by atoms with Crippen LogP contribution >= 0.6 is 0 Å². The zero-order chi connectivity index (χ0) is 8.32. The summed E-state index contributed by atoms with van der Waals surface area (Å²) in [4.78, 5) is 0.350. The Hall–Kier alpha value is -0.233. The molecule has 0 radical (unpaired) electrons. The molecule has 1 aromatic carbocycles. The molecule has 1 rings (SSSR count). The number of hydrogen-bond donors (Lipinski definition) is 0. The van der Waals surface area contributed by atoms with Crippen LogP contribution in [0, 0.1) is 5.75 Å². The van der Waals surface area contributed by atoms with E-state index in [4.69, 9.17) is 0 Å². The number of hydrogen-bond acceptors (Lipinski definition) is 2. The van der Waals surface area contributed by atoms with Crippen LogP contribution in [0.2, 0.25) is 0 Å². The molecule has 2 nitrogen and oxygen atoms in total. The molecule has 0 spiro atoms. The van der Waals surface area contributed by atoms with Crippen LogP contribution in [-0.4, -0.2) is 8.42 Å². The first-order valence-corrected chi connectivity index (χ1v) is 4.81. The molecule has 1 aromatic rings. The Kier molecular flexibility index (Phi) is 4.62. The van der Waals surface area contributed by atoms with Crippen molar-refractivity contribution in [1.29, 1.82) is 0 Å². The summed E-state index contributed by atoms with van der Waals surface area (Å²) in [5.74, 6) is 1.20. The Labute approximate surface area is 85.1 Å². The summed E-state index contributed by atoms with van der Waals surface area (Å²) in [7, 11) is -3.12. The van der Waals surface area contributed by atoms with Gasteiger partial charge in [0.05, 0.1) is 9.84 Å². The molecule has 0 amide bonds. The Morgan fingerprint density at radius 3 is 2.08 bits per heavy atom. The van der Waals surface area contributed by atoms with Crippen LogP contribution < -0.4 is 18.9 Å². The number of rotatable bonds is 2. The van der Waals surface area contributed by atoms with E-state index in [1.165, 1.54) is 12.7 Å². The van der Waals surface area contributed by atoms with E-state index in [2.05, 4.69) is 0 Å². The van der Waals surface area contributed by atoms with E-state index in [-0.39, 0.29) is 18.9 Å². The third kappa shape index (κ3) is 2.67. The van der Waals surface area contributed by atoms with Gasteiger partial charge in [0.2, 0.25) is 0 Å². The molecule has 0 aliphatic rings. The fourth-order valence-electron chi connectivity index (χ4n) is 0.746. The molecule has 0 unspecified atom stereocenters. The monoisotopic (exact) mass is 176 g/mol. The van der Waals surface area contributed by atoms with Gasteiger partial charge >= 0.3 is 18.9 Å². The molecule has 0 atom stereocenters. The summed E-state index contributed by atoms with van der Waals surface area (Å²) in [6.45, 7) is 1.52. The second-order valence-electron chi connectivity index (χ2n) is 2.09. The molecule has 4 heteroatoms. The molecule has 0 aliphatic carbocycles. The third-order valence-corrected chi connectivity index (χ3v) is 2.93. The first kappa shape index (κ1) is 11.8. The van der Waals surface area contributed by atoms with Crippen LogP contribution in [0.15, 0.2) is 35.2 Å². The minimum atomic E-state index is -3.12. The molecular weight excluding hydrogens is 167 g/mol. The van der Waals surface area contributed by atoms with Crippen molar-refractivity contribution in [1.82, 2.24) is 0 Å². The van der Waals surface area contributed by atoms with Crippen molar-refractivity contribution in [3.63, 3.8) is 0 Å². The van der Waals surface area contributed by atoms with E-state index >= 15 is 0 Å². The predicted molar refractivity (Wildman–Crippen MR) is 43.6 cm³/mol. The Morgan fingerprint density at radius 1 is 1.17 bits per heavy atom. The first-order valence-electron chi connectivity index (χ1n) is 3.26. The van der Waals surface area contributed by atoms with Crippen molar-refractivity contribution in [2.75, 3.05) is 0 Å². The topological polar surface area (TPSA) is 34.1 Å². The molecule has 0 aliphatic heterocycles. The molecule has 0 heterocycles. The van der Waals surface area contributed by atoms with Crippen LogP contribution in [0.4, 0.5) is 0 Å². The normalized spacial score (nSPS) is 10.4. The van der Waals surface area contributed by atoms with E-state index in [1.54, 1.807) is 30.3 Å². The van der Waals surface area contributed by atoms with Gasteiger partial charge in [-0.05, 0) is 12.1 Å². The van der Waals surface area contributed by atoms with Crippen LogP contribution in [0.3, 0.4) is 0 Å². The van der Waals surface area contributed by atoms with Gasteiger partial charge in [0.25, 0.3) is 0 Å². The molecule has 12 heavy (non-hydrogen) atoms. The average molecular weight is 176 g/mol. The minimum Gasteiger partial charge on any atom is -0.257 e. The molecule has 0 saturated heterocycles. The maximum atomic E-state index is 11.1. The summed E-state index contributed by atoms with van der Waals surface area (Å²) < 4.78 is 22.3. The van der Waals surface area contributed by atoms with Crippen molar-refractivity contribution in [3.05, 3.63) is 36.1 Å². The summed E-state index contributed by atoms with van der Waals surface area (Å²) in [6, 6.07) is 8.35. The fraction of sp³-hybridized carbons (Fsp3) is 0.125. The van der Waals surface area contributed by atoms with Gasteiger partial charge in [-0.15, -0.1) is 0 Å². The number of benzene rings is 1. The zero-order valence-corrected chi connectivity index (χ0v) is 8.01. The molecular formula is C8H9LiO2S. The smallest absolute Gasteiger partial charge is 0.257 e. The van der Waals surface area contributed by atoms with Crippen LogP contribution in [0.25, 0.3) is 0 Å². The van der Waals surface area contributed by atoms with Crippen LogP contribution in [0.1, 0.15) is 6.92 Å². The molecule has 0 saturated carbocycles. The van der Waals surface area contributed by atoms with Gasteiger partial charge in [-0.25, -0.2) is 5.75 Å². The summed E-state index contributed by atoms with van der Waals surface area (Å²) >= 11 is 0. The van der Waals surface area contributed by atoms with Crippen molar-refractivity contribution >= 4 is 9.84 Å². The van der Waals surface area contributed by atoms with E-state index in [9.17, 15) is 8.42 Å². The van der Waals surface area contributed by atoms with Crippen molar-refractivity contribution in [3.8, 4) is 0 Å². The Morgan fingerprint density at radius 2 is 1.67 bits per heavy atom. The summed E-state index contributed by atoms with van der Waals surface area (Å²) in [5.41, 5.74) is 0.